The number of aryl methyl sites for hydroxylation is 2. The molecule has 3 N–H and O–H groups in total. The zero-order valence-corrected chi connectivity index (χ0v) is 22.6. The van der Waals surface area contributed by atoms with E-state index >= 15 is 0 Å². The smallest absolute Gasteiger partial charge is 0.255 e. The minimum Gasteiger partial charge on any atom is -0.355 e. The zero-order chi connectivity index (χ0) is 26.8. The van der Waals surface area contributed by atoms with Crippen LogP contribution in [-0.4, -0.2) is 56.9 Å². The number of hydrogen-bond acceptors (Lipinski definition) is 8. The monoisotopic (exact) mass is 542 g/mol. The molecule has 39 heavy (non-hydrogen) atoms. The average molecular weight is 543 g/mol. The molecule has 1 aliphatic heterocycles. The minimum atomic E-state index is -0.288. The molecule has 3 heterocycles. The van der Waals surface area contributed by atoms with Crippen LogP contribution in [0.3, 0.4) is 0 Å². The summed E-state index contributed by atoms with van der Waals surface area (Å²) in [6, 6.07) is 10.8. The van der Waals surface area contributed by atoms with Gasteiger partial charge in [-0.3, -0.25) is 14.8 Å². The number of nitrogens with zero attached hydrogens (tertiary/aromatic N) is 5. The molecule has 0 bridgehead atoms. The maximum absolute atomic E-state index is 12.8. The van der Waals surface area contributed by atoms with Crippen LogP contribution in [0.1, 0.15) is 47.2 Å². The number of likely N-dealkylation sites (tertiary alicyclic amines) is 1. The highest BCUT2D eigenvalue weighted by atomic mass is 35.5. The molecule has 4 aromatic rings. The lowest BCUT2D eigenvalue weighted by molar-refractivity contribution is 0.0965. The van der Waals surface area contributed by atoms with Gasteiger partial charge >= 0.3 is 0 Å². The van der Waals surface area contributed by atoms with E-state index in [1.165, 1.54) is 49.9 Å². The van der Waals surface area contributed by atoms with E-state index in [2.05, 4.69) is 59.0 Å². The number of anilines is 4. The van der Waals surface area contributed by atoms with E-state index in [4.69, 9.17) is 11.6 Å². The Morgan fingerprint density at radius 2 is 1.77 bits per heavy atom. The molecule has 1 atom stereocenters. The molecule has 0 unspecified atom stereocenters. The van der Waals surface area contributed by atoms with Crippen molar-refractivity contribution in [1.82, 2.24) is 30.2 Å². The van der Waals surface area contributed by atoms with Gasteiger partial charge in [-0.05, 0) is 87.0 Å². The number of amides is 1. The predicted molar refractivity (Wildman–Crippen MR) is 154 cm³/mol. The number of halogens is 1. The third kappa shape index (κ3) is 5.37. The van der Waals surface area contributed by atoms with Crippen molar-refractivity contribution >= 4 is 51.7 Å². The summed E-state index contributed by atoms with van der Waals surface area (Å²) < 4.78 is 0. The van der Waals surface area contributed by atoms with Crippen LogP contribution in [0, 0.1) is 0 Å². The van der Waals surface area contributed by atoms with Gasteiger partial charge in [0.2, 0.25) is 5.95 Å². The molecule has 1 amide bonds. The van der Waals surface area contributed by atoms with Crippen LogP contribution in [-0.2, 0) is 12.8 Å². The van der Waals surface area contributed by atoms with Crippen molar-refractivity contribution in [3.63, 3.8) is 0 Å². The summed E-state index contributed by atoms with van der Waals surface area (Å²) in [6.07, 6.45) is 12.0. The Hall–Kier alpha value is -3.82. The molecule has 0 saturated carbocycles. The summed E-state index contributed by atoms with van der Waals surface area (Å²) in [5, 5.41) is 9.56. The van der Waals surface area contributed by atoms with Gasteiger partial charge in [0.1, 0.15) is 10.5 Å². The van der Waals surface area contributed by atoms with E-state index in [1.54, 1.807) is 37.8 Å². The number of carbonyl (C=O) groups excluding carboxylic acids is 1. The van der Waals surface area contributed by atoms with Gasteiger partial charge in [0.15, 0.2) is 5.82 Å². The summed E-state index contributed by atoms with van der Waals surface area (Å²) in [6.45, 7) is 2.49. The molecule has 2 aliphatic rings. The summed E-state index contributed by atoms with van der Waals surface area (Å²) in [5.41, 5.74) is 5.75. The third-order valence-corrected chi connectivity index (χ3v) is 7.98. The van der Waals surface area contributed by atoms with Gasteiger partial charge in [-0.1, -0.05) is 17.7 Å². The summed E-state index contributed by atoms with van der Waals surface area (Å²) in [7, 11) is 1.58. The van der Waals surface area contributed by atoms with Gasteiger partial charge in [0.25, 0.3) is 5.91 Å². The quantitative estimate of drug-likeness (QED) is 0.283. The highest BCUT2D eigenvalue weighted by Gasteiger charge is 2.24. The van der Waals surface area contributed by atoms with E-state index < -0.39 is 0 Å². The first kappa shape index (κ1) is 25.5. The Morgan fingerprint density at radius 1 is 0.974 bits per heavy atom. The van der Waals surface area contributed by atoms with Crippen LogP contribution in [0.15, 0.2) is 48.9 Å². The summed E-state index contributed by atoms with van der Waals surface area (Å²) in [5.74, 6) is 0.502. The summed E-state index contributed by atoms with van der Waals surface area (Å²) in [4.78, 5) is 33.1. The molecule has 1 aliphatic carbocycles. The Bertz CT molecular complexity index is 1520. The SMILES string of the molecule is CNC(=O)c1c(Nc2nc(Nc3ccc4c(c3)CC[C@@H](N3CCCC3)CC4)ncc2Cl)ccc2nccnc12. The first-order chi connectivity index (χ1) is 19.1. The second-order valence-electron chi connectivity index (χ2n) is 10.1. The molecule has 2 aromatic carbocycles. The van der Waals surface area contributed by atoms with Crippen molar-refractivity contribution in [2.75, 3.05) is 30.8 Å². The number of aromatic nitrogens is 4. The van der Waals surface area contributed by atoms with Gasteiger partial charge in [-0.25, -0.2) is 4.98 Å². The van der Waals surface area contributed by atoms with E-state index in [9.17, 15) is 4.79 Å². The van der Waals surface area contributed by atoms with Crippen LogP contribution in [0.4, 0.5) is 23.1 Å². The standard InChI is InChI=1S/C29H31ClN8O/c1-31-28(39)25-23(10-11-24-26(25)33-13-12-32-24)36-27-22(30)17-34-29(37-27)35-20-7-4-18-5-8-21(9-6-19(18)16-20)38-14-2-3-15-38/h4,7,10-13,16-17,21H,2-3,5-6,8-9,14-15H2,1H3,(H,31,39)(H2,34,35,36,37)/t21-/m0/s1. The van der Waals surface area contributed by atoms with E-state index in [0.717, 1.165) is 18.5 Å². The Morgan fingerprint density at radius 3 is 2.59 bits per heavy atom. The maximum atomic E-state index is 12.8. The molecule has 9 nitrogen and oxygen atoms in total. The largest absolute Gasteiger partial charge is 0.355 e. The van der Waals surface area contributed by atoms with Gasteiger partial charge in [0, 0.05) is 31.2 Å². The number of rotatable bonds is 6. The molecule has 6 rings (SSSR count). The van der Waals surface area contributed by atoms with E-state index in [0.29, 0.717) is 45.1 Å². The van der Waals surface area contributed by atoms with Crippen LogP contribution in [0.25, 0.3) is 11.0 Å². The molecule has 0 radical (unpaired) electrons. The molecule has 2 aromatic heterocycles. The second-order valence-corrected chi connectivity index (χ2v) is 10.5. The van der Waals surface area contributed by atoms with E-state index in [1.807, 2.05) is 0 Å². The van der Waals surface area contributed by atoms with Crippen LogP contribution >= 0.6 is 11.6 Å². The second kappa shape index (κ2) is 11.1. The lowest BCUT2D eigenvalue weighted by Gasteiger charge is -2.25. The first-order valence-electron chi connectivity index (χ1n) is 13.5. The zero-order valence-electron chi connectivity index (χ0n) is 21.9. The molecular formula is C29H31ClN8O. The lowest BCUT2D eigenvalue weighted by Crippen LogP contribution is -2.32. The highest BCUT2D eigenvalue weighted by Crippen LogP contribution is 2.31. The average Bonchev–Trinajstić information content (AvgIpc) is 3.42. The molecule has 1 fully saturated rings. The fourth-order valence-electron chi connectivity index (χ4n) is 5.71. The third-order valence-electron chi connectivity index (χ3n) is 7.71. The van der Waals surface area contributed by atoms with Crippen molar-refractivity contribution in [3.05, 3.63) is 70.6 Å². The molecule has 1 saturated heterocycles. The van der Waals surface area contributed by atoms with Crippen molar-refractivity contribution in [1.29, 1.82) is 0 Å². The van der Waals surface area contributed by atoms with Crippen molar-refractivity contribution in [3.8, 4) is 0 Å². The normalized spacial score (nSPS) is 17.4. The van der Waals surface area contributed by atoms with Crippen molar-refractivity contribution in [2.45, 2.75) is 44.6 Å². The van der Waals surface area contributed by atoms with Gasteiger partial charge < -0.3 is 20.9 Å². The number of fused-ring (bicyclic) bond motifs is 2. The Kier molecular flexibility index (Phi) is 7.26. The lowest BCUT2D eigenvalue weighted by atomic mass is 10.0. The van der Waals surface area contributed by atoms with Crippen molar-refractivity contribution < 1.29 is 4.79 Å². The highest BCUT2D eigenvalue weighted by molar-refractivity contribution is 6.33. The minimum absolute atomic E-state index is 0.288. The number of nitrogens with one attached hydrogen (secondary N) is 3. The number of carbonyl (C=O) groups is 1. The Labute approximate surface area is 232 Å². The topological polar surface area (TPSA) is 108 Å². The first-order valence-corrected chi connectivity index (χ1v) is 13.8. The molecule has 10 heteroatoms. The van der Waals surface area contributed by atoms with Gasteiger partial charge in [-0.15, -0.1) is 0 Å². The fraction of sp³-hybridized carbons (Fsp3) is 0.345. The predicted octanol–water partition coefficient (Wildman–Crippen LogP) is 5.26. The van der Waals surface area contributed by atoms with Gasteiger partial charge in [-0.2, -0.15) is 4.98 Å². The van der Waals surface area contributed by atoms with Crippen molar-refractivity contribution in [2.24, 2.45) is 0 Å². The number of hydrogen-bond donors (Lipinski definition) is 3. The fourth-order valence-corrected chi connectivity index (χ4v) is 5.85. The van der Waals surface area contributed by atoms with Gasteiger partial charge in [0.05, 0.1) is 23.0 Å². The number of benzene rings is 2. The van der Waals surface area contributed by atoms with Crippen LogP contribution in [0.5, 0.6) is 0 Å². The molecular weight excluding hydrogens is 512 g/mol. The molecule has 200 valence electrons. The summed E-state index contributed by atoms with van der Waals surface area (Å²) >= 11 is 6.47. The Balaban J connectivity index is 1.23. The van der Waals surface area contributed by atoms with Crippen LogP contribution < -0.4 is 16.0 Å². The van der Waals surface area contributed by atoms with E-state index in [-0.39, 0.29) is 5.91 Å². The van der Waals surface area contributed by atoms with Crippen LogP contribution in [0.2, 0.25) is 5.02 Å². The molecule has 0 spiro atoms. The maximum Gasteiger partial charge on any atom is 0.255 e.